The van der Waals surface area contributed by atoms with Crippen LogP contribution in [-0.4, -0.2) is 22.7 Å². The Morgan fingerprint density at radius 1 is 1.50 bits per heavy atom. The van der Waals surface area contributed by atoms with Crippen molar-refractivity contribution in [2.75, 3.05) is 7.11 Å². The number of benzene rings is 1. The molecule has 104 valence electrons. The zero-order chi connectivity index (χ0) is 14.4. The van der Waals surface area contributed by atoms with E-state index in [1.165, 1.54) is 0 Å². The Bertz CT molecular complexity index is 586. The first-order chi connectivity index (χ1) is 9.72. The smallest absolute Gasteiger partial charge is 0.136 e. The monoisotopic (exact) mass is 270 g/mol. The van der Waals surface area contributed by atoms with Crippen molar-refractivity contribution in [1.29, 1.82) is 5.26 Å². The predicted octanol–water partition coefficient (Wildman–Crippen LogP) is 1.94. The van der Waals surface area contributed by atoms with E-state index in [2.05, 4.69) is 23.3 Å². The third-order valence-corrected chi connectivity index (χ3v) is 3.08. The van der Waals surface area contributed by atoms with Gasteiger partial charge in [-0.2, -0.15) is 5.26 Å². The van der Waals surface area contributed by atoms with Crippen molar-refractivity contribution in [3.05, 3.63) is 48.0 Å². The number of nitrogens with zero attached hydrogens (tertiary/aromatic N) is 3. The standard InChI is InChI=1S/C15H18N4O/c1-12(10-19-6-5-17-11-19)18-9-13-3-4-15(20-2)14(7-13)8-16/h3-7,11-12,18H,9-10H2,1-2H3. The largest absolute Gasteiger partial charge is 0.495 e. The number of imidazole rings is 1. The quantitative estimate of drug-likeness (QED) is 0.871. The molecule has 20 heavy (non-hydrogen) atoms. The van der Waals surface area contributed by atoms with Gasteiger partial charge in [-0.1, -0.05) is 6.07 Å². The average molecular weight is 270 g/mol. The summed E-state index contributed by atoms with van der Waals surface area (Å²) in [6.07, 6.45) is 5.52. The number of rotatable bonds is 6. The van der Waals surface area contributed by atoms with Crippen molar-refractivity contribution in [1.82, 2.24) is 14.9 Å². The fourth-order valence-electron chi connectivity index (χ4n) is 2.02. The zero-order valence-corrected chi connectivity index (χ0v) is 11.7. The van der Waals surface area contributed by atoms with E-state index in [4.69, 9.17) is 10.00 Å². The molecule has 1 atom stereocenters. The number of nitrogens with one attached hydrogen (secondary N) is 1. The highest BCUT2D eigenvalue weighted by Gasteiger charge is 2.06. The van der Waals surface area contributed by atoms with E-state index in [-0.39, 0.29) is 0 Å². The highest BCUT2D eigenvalue weighted by atomic mass is 16.5. The third-order valence-electron chi connectivity index (χ3n) is 3.08. The number of hydrogen-bond donors (Lipinski definition) is 1. The lowest BCUT2D eigenvalue weighted by atomic mass is 10.1. The Hall–Kier alpha value is -2.32. The van der Waals surface area contributed by atoms with E-state index in [0.717, 1.165) is 12.1 Å². The van der Waals surface area contributed by atoms with Gasteiger partial charge in [-0.05, 0) is 24.6 Å². The molecule has 1 N–H and O–H groups in total. The molecular weight excluding hydrogens is 252 g/mol. The van der Waals surface area contributed by atoms with E-state index >= 15 is 0 Å². The number of ether oxygens (including phenoxy) is 1. The van der Waals surface area contributed by atoms with Crippen LogP contribution < -0.4 is 10.1 Å². The maximum atomic E-state index is 9.06. The second-order valence-electron chi connectivity index (χ2n) is 4.69. The first kappa shape index (κ1) is 14.1. The van der Waals surface area contributed by atoms with Crippen molar-refractivity contribution < 1.29 is 4.74 Å². The molecule has 0 aliphatic carbocycles. The van der Waals surface area contributed by atoms with Crippen molar-refractivity contribution >= 4 is 0 Å². The van der Waals surface area contributed by atoms with Gasteiger partial charge in [-0.25, -0.2) is 4.98 Å². The Balaban J connectivity index is 1.92. The average Bonchev–Trinajstić information content (AvgIpc) is 2.97. The topological polar surface area (TPSA) is 62.9 Å². The predicted molar refractivity (Wildman–Crippen MR) is 76.2 cm³/mol. The third kappa shape index (κ3) is 3.59. The maximum absolute atomic E-state index is 9.06. The van der Waals surface area contributed by atoms with Gasteiger partial charge in [0.1, 0.15) is 11.8 Å². The SMILES string of the molecule is COc1ccc(CNC(C)Cn2ccnc2)cc1C#N. The minimum absolute atomic E-state index is 0.317. The molecule has 0 saturated carbocycles. The number of methoxy groups -OCH3 is 1. The summed E-state index contributed by atoms with van der Waals surface area (Å²) in [5.41, 5.74) is 1.63. The molecule has 5 nitrogen and oxygen atoms in total. The molecule has 2 rings (SSSR count). The van der Waals surface area contributed by atoms with Gasteiger partial charge in [0.05, 0.1) is 19.0 Å². The fourth-order valence-corrected chi connectivity index (χ4v) is 2.02. The second-order valence-corrected chi connectivity index (χ2v) is 4.69. The van der Waals surface area contributed by atoms with Crippen LogP contribution in [0.5, 0.6) is 5.75 Å². The number of nitriles is 1. The molecule has 0 radical (unpaired) electrons. The van der Waals surface area contributed by atoms with Crippen molar-refractivity contribution in [2.45, 2.75) is 26.1 Å². The lowest BCUT2D eigenvalue weighted by Crippen LogP contribution is -2.29. The summed E-state index contributed by atoms with van der Waals surface area (Å²) in [6, 6.07) is 8.12. The fraction of sp³-hybridized carbons (Fsp3) is 0.333. The minimum Gasteiger partial charge on any atom is -0.495 e. The molecule has 1 aromatic carbocycles. The number of hydrogen-bond acceptors (Lipinski definition) is 4. The van der Waals surface area contributed by atoms with Crippen molar-refractivity contribution in [3.63, 3.8) is 0 Å². The van der Waals surface area contributed by atoms with Gasteiger partial charge in [0.25, 0.3) is 0 Å². The molecule has 0 saturated heterocycles. The summed E-state index contributed by atoms with van der Waals surface area (Å²) < 4.78 is 7.17. The molecule has 0 spiro atoms. The van der Waals surface area contributed by atoms with E-state index in [1.54, 1.807) is 19.6 Å². The van der Waals surface area contributed by atoms with Crippen LogP contribution in [0.15, 0.2) is 36.9 Å². The summed E-state index contributed by atoms with van der Waals surface area (Å²) in [5.74, 6) is 0.614. The van der Waals surface area contributed by atoms with E-state index < -0.39 is 0 Å². The van der Waals surface area contributed by atoms with Gasteiger partial charge in [0, 0.05) is 31.5 Å². The molecule has 0 aliphatic heterocycles. The lowest BCUT2D eigenvalue weighted by Gasteiger charge is -2.14. The highest BCUT2D eigenvalue weighted by molar-refractivity contribution is 5.45. The Kier molecular flexibility index (Phi) is 4.75. The van der Waals surface area contributed by atoms with Gasteiger partial charge < -0.3 is 14.6 Å². The molecule has 2 aromatic rings. The minimum atomic E-state index is 0.317. The molecule has 1 aromatic heterocycles. The van der Waals surface area contributed by atoms with Crippen LogP contribution in [0.25, 0.3) is 0 Å². The second kappa shape index (κ2) is 6.73. The van der Waals surface area contributed by atoms with E-state index in [0.29, 0.717) is 23.9 Å². The summed E-state index contributed by atoms with van der Waals surface area (Å²) in [6.45, 7) is 3.70. The first-order valence-electron chi connectivity index (χ1n) is 6.49. The van der Waals surface area contributed by atoms with Crippen LogP contribution in [0.3, 0.4) is 0 Å². The van der Waals surface area contributed by atoms with Crippen molar-refractivity contribution in [3.8, 4) is 11.8 Å². The first-order valence-corrected chi connectivity index (χ1v) is 6.49. The van der Waals surface area contributed by atoms with E-state index in [1.807, 2.05) is 29.0 Å². The van der Waals surface area contributed by atoms with Gasteiger partial charge in [0.15, 0.2) is 0 Å². The maximum Gasteiger partial charge on any atom is 0.136 e. The molecule has 1 unspecified atom stereocenters. The molecule has 1 heterocycles. The van der Waals surface area contributed by atoms with Gasteiger partial charge in [-0.15, -0.1) is 0 Å². The van der Waals surface area contributed by atoms with E-state index in [9.17, 15) is 0 Å². The van der Waals surface area contributed by atoms with Gasteiger partial charge >= 0.3 is 0 Å². The number of aromatic nitrogens is 2. The molecular formula is C15H18N4O. The molecule has 0 amide bonds. The Morgan fingerprint density at radius 3 is 3.00 bits per heavy atom. The summed E-state index contributed by atoms with van der Waals surface area (Å²) in [4.78, 5) is 4.02. The van der Waals surface area contributed by atoms with Crippen LogP contribution in [0.4, 0.5) is 0 Å². The summed E-state index contributed by atoms with van der Waals surface area (Å²) >= 11 is 0. The van der Waals surface area contributed by atoms with Crippen LogP contribution in [-0.2, 0) is 13.1 Å². The van der Waals surface area contributed by atoms with Gasteiger partial charge in [0.2, 0.25) is 0 Å². The summed E-state index contributed by atoms with van der Waals surface area (Å²) in [5, 5.41) is 12.5. The Labute approximate surface area is 118 Å². The van der Waals surface area contributed by atoms with Crippen LogP contribution >= 0.6 is 0 Å². The zero-order valence-electron chi connectivity index (χ0n) is 11.7. The molecule has 5 heteroatoms. The van der Waals surface area contributed by atoms with Crippen LogP contribution in [0.2, 0.25) is 0 Å². The molecule has 0 bridgehead atoms. The molecule has 0 aliphatic rings. The normalized spacial score (nSPS) is 11.8. The van der Waals surface area contributed by atoms with Gasteiger partial charge in [-0.3, -0.25) is 0 Å². The highest BCUT2D eigenvalue weighted by Crippen LogP contribution is 2.18. The summed E-state index contributed by atoms with van der Waals surface area (Å²) in [7, 11) is 1.57. The lowest BCUT2D eigenvalue weighted by molar-refractivity contribution is 0.413. The van der Waals surface area contributed by atoms with Crippen LogP contribution in [0.1, 0.15) is 18.1 Å². The Morgan fingerprint density at radius 2 is 2.35 bits per heavy atom. The van der Waals surface area contributed by atoms with Crippen LogP contribution in [0, 0.1) is 11.3 Å². The van der Waals surface area contributed by atoms with Crippen molar-refractivity contribution in [2.24, 2.45) is 0 Å². The molecule has 0 fully saturated rings.